The van der Waals surface area contributed by atoms with Crippen LogP contribution in [-0.4, -0.2) is 38.6 Å². The molecule has 0 amide bonds. The second-order valence-corrected chi connectivity index (χ2v) is 14.0. The summed E-state index contributed by atoms with van der Waals surface area (Å²) in [6.45, 7) is 13.0. The van der Waals surface area contributed by atoms with E-state index in [2.05, 4.69) is 112 Å². The molecule has 1 saturated heterocycles. The fourth-order valence-corrected chi connectivity index (χ4v) is 7.30. The minimum atomic E-state index is -0.340. The highest BCUT2D eigenvalue weighted by molar-refractivity contribution is 5.59. The Hall–Kier alpha value is -4.36. The topological polar surface area (TPSA) is 46.2 Å². The molecule has 55 heavy (non-hydrogen) atoms. The zero-order chi connectivity index (χ0) is 38.8. The summed E-state index contributed by atoms with van der Waals surface area (Å²) in [4.78, 5) is 0. The Balaban J connectivity index is 0.00000285. The number of methoxy groups -OCH3 is 1. The van der Waals surface area contributed by atoms with E-state index < -0.39 is 0 Å². The molecule has 2 aliphatic rings. The average molecular weight is 741 g/mol. The lowest BCUT2D eigenvalue weighted by Gasteiger charge is -2.42. The molecule has 0 spiro atoms. The zero-order valence-electron chi connectivity index (χ0n) is 33.7. The van der Waals surface area contributed by atoms with Gasteiger partial charge in [0.25, 0.3) is 0 Å². The first kappa shape index (κ1) is 41.8. The molecular weight excluding hydrogens is 681 g/mol. The molecule has 0 radical (unpaired) electrons. The van der Waals surface area contributed by atoms with E-state index in [1.165, 1.54) is 39.0 Å². The summed E-state index contributed by atoms with van der Waals surface area (Å²) in [5.41, 5.74) is 12.3. The molecule has 0 bridgehead atoms. The Bertz CT molecular complexity index is 1860. The first-order chi connectivity index (χ1) is 27.0. The lowest BCUT2D eigenvalue weighted by molar-refractivity contribution is -0.222. The number of hydrogen-bond acceptors (Lipinski definition) is 5. The molecule has 1 fully saturated rings. The lowest BCUT2D eigenvalue weighted by atomic mass is 9.89. The second kappa shape index (κ2) is 22.3. The van der Waals surface area contributed by atoms with Gasteiger partial charge in [-0.05, 0) is 89.3 Å². The van der Waals surface area contributed by atoms with Crippen molar-refractivity contribution in [2.75, 3.05) is 20.3 Å². The number of hydrogen-bond donors (Lipinski definition) is 0. The number of aryl methyl sites for hydroxylation is 1. The van der Waals surface area contributed by atoms with Crippen molar-refractivity contribution >= 4 is 0 Å². The van der Waals surface area contributed by atoms with Crippen molar-refractivity contribution in [3.8, 4) is 0 Å². The highest BCUT2D eigenvalue weighted by atomic mass is 16.6. The minimum absolute atomic E-state index is 0.189. The maximum absolute atomic E-state index is 7.07. The van der Waals surface area contributed by atoms with Crippen LogP contribution in [0.3, 0.4) is 0 Å². The Kier molecular flexibility index (Phi) is 16.9. The lowest BCUT2D eigenvalue weighted by Crippen LogP contribution is -2.50. The molecule has 290 valence electrons. The minimum Gasteiger partial charge on any atom is -0.384 e. The monoisotopic (exact) mass is 740 g/mol. The number of benzene rings is 4. The maximum Gasteiger partial charge on any atom is 0.113 e. The Morgan fingerprint density at radius 3 is 1.98 bits per heavy atom. The van der Waals surface area contributed by atoms with Crippen LogP contribution >= 0.6 is 0 Å². The first-order valence-corrected chi connectivity index (χ1v) is 19.9. The van der Waals surface area contributed by atoms with Crippen LogP contribution in [0.2, 0.25) is 0 Å². The smallest absolute Gasteiger partial charge is 0.113 e. The molecule has 6 rings (SSSR count). The van der Waals surface area contributed by atoms with E-state index in [4.69, 9.17) is 23.7 Å². The van der Waals surface area contributed by atoms with Crippen LogP contribution in [0.15, 0.2) is 156 Å². The summed E-state index contributed by atoms with van der Waals surface area (Å²) in [5, 5.41) is 0. The summed E-state index contributed by atoms with van der Waals surface area (Å²) in [6, 6.07) is 37.8. The van der Waals surface area contributed by atoms with Crippen molar-refractivity contribution in [3.05, 3.63) is 189 Å². The molecule has 4 atom stereocenters. The molecular formula is C50H60O5. The molecule has 1 aliphatic carbocycles. The third-order valence-corrected chi connectivity index (χ3v) is 10.2. The van der Waals surface area contributed by atoms with Crippen molar-refractivity contribution in [1.29, 1.82) is 0 Å². The molecule has 0 aromatic heterocycles. The van der Waals surface area contributed by atoms with Crippen molar-refractivity contribution in [2.45, 2.75) is 98.1 Å². The van der Waals surface area contributed by atoms with E-state index in [1.807, 2.05) is 56.3 Å². The van der Waals surface area contributed by atoms with Gasteiger partial charge >= 0.3 is 0 Å². The Morgan fingerprint density at radius 1 is 0.745 bits per heavy atom. The summed E-state index contributed by atoms with van der Waals surface area (Å²) < 4.78 is 32.5. The van der Waals surface area contributed by atoms with Crippen molar-refractivity contribution < 1.29 is 23.7 Å². The van der Waals surface area contributed by atoms with Crippen LogP contribution in [0.25, 0.3) is 0 Å². The predicted molar refractivity (Wildman–Crippen MR) is 225 cm³/mol. The average Bonchev–Trinajstić information content (AvgIpc) is 3.52. The number of rotatable bonds is 17. The summed E-state index contributed by atoms with van der Waals surface area (Å²) in [7, 11) is 1.77. The van der Waals surface area contributed by atoms with E-state index in [1.54, 1.807) is 7.11 Å². The second-order valence-electron chi connectivity index (χ2n) is 14.0. The molecule has 1 heterocycles. The van der Waals surface area contributed by atoms with Crippen LogP contribution in [0.5, 0.6) is 0 Å². The third-order valence-electron chi connectivity index (χ3n) is 10.2. The van der Waals surface area contributed by atoms with E-state index >= 15 is 0 Å². The van der Waals surface area contributed by atoms with Crippen molar-refractivity contribution in [1.82, 2.24) is 0 Å². The van der Waals surface area contributed by atoms with E-state index in [-0.39, 0.29) is 24.4 Å². The largest absolute Gasteiger partial charge is 0.384 e. The standard InChI is InChI=1S/C48H54O5.C2H6/c1-5-6-22-41-29-42(43(36(41)3)25-26-49-4)27-40-24-23-35(2)44(28-40)45-30-46(51-32-38-18-12-8-13-19-38)48(52-33-39-20-14-9-15-21-39)47(53-45)34-50-31-37-16-10-7-11-17-37;1-2/h5-24,28-29,45-48H,25-27,30-34H2,1-4H3;1-2H3/b6-5-,41-22-;/t45?,46?,47?,48-;/m0./s1. The molecule has 4 aromatic rings. The number of allylic oxidation sites excluding steroid dienone is 7. The number of ether oxygens (including phenoxy) is 5. The Labute approximate surface area is 330 Å². The van der Waals surface area contributed by atoms with Crippen LogP contribution in [0.4, 0.5) is 0 Å². The van der Waals surface area contributed by atoms with Gasteiger partial charge < -0.3 is 23.7 Å². The van der Waals surface area contributed by atoms with Gasteiger partial charge in [0.05, 0.1) is 45.2 Å². The van der Waals surface area contributed by atoms with Gasteiger partial charge in [-0.25, -0.2) is 0 Å². The quantitative estimate of drug-likeness (QED) is 0.108. The summed E-state index contributed by atoms with van der Waals surface area (Å²) in [6.07, 6.45) is 10.1. The molecule has 4 aromatic carbocycles. The highest BCUT2D eigenvalue weighted by Crippen LogP contribution is 2.39. The van der Waals surface area contributed by atoms with E-state index in [0.717, 1.165) is 29.5 Å². The molecule has 1 aliphatic heterocycles. The Morgan fingerprint density at radius 2 is 1.36 bits per heavy atom. The van der Waals surface area contributed by atoms with Crippen LogP contribution < -0.4 is 0 Å². The summed E-state index contributed by atoms with van der Waals surface area (Å²) >= 11 is 0. The van der Waals surface area contributed by atoms with Gasteiger partial charge in [-0.3, -0.25) is 0 Å². The van der Waals surface area contributed by atoms with Crippen molar-refractivity contribution in [3.63, 3.8) is 0 Å². The molecule has 0 N–H and O–H groups in total. The van der Waals surface area contributed by atoms with Crippen LogP contribution in [0.1, 0.15) is 80.0 Å². The van der Waals surface area contributed by atoms with Crippen LogP contribution in [0, 0.1) is 6.92 Å². The van der Waals surface area contributed by atoms with E-state index in [0.29, 0.717) is 39.5 Å². The third kappa shape index (κ3) is 12.1. The van der Waals surface area contributed by atoms with Gasteiger partial charge in [-0.2, -0.15) is 0 Å². The van der Waals surface area contributed by atoms with Gasteiger partial charge in [0.15, 0.2) is 0 Å². The SMILES string of the molecule is C/C=C\C=C1\C=C(Cc2ccc(C)c(C3CC(OCc4ccccc4)[C@H](OCc4ccccc4)C(COCc4ccccc4)O3)c2)C(CCOC)=C1C.CC. The van der Waals surface area contributed by atoms with Gasteiger partial charge in [0.2, 0.25) is 0 Å². The van der Waals surface area contributed by atoms with E-state index in [9.17, 15) is 0 Å². The first-order valence-electron chi connectivity index (χ1n) is 19.9. The van der Waals surface area contributed by atoms with Gasteiger partial charge in [0.1, 0.15) is 12.2 Å². The molecule has 0 saturated carbocycles. The fraction of sp³-hybridized carbons (Fsp3) is 0.360. The molecule has 3 unspecified atom stereocenters. The van der Waals surface area contributed by atoms with Crippen LogP contribution in [-0.2, 0) is 49.9 Å². The molecule has 5 nitrogen and oxygen atoms in total. The molecule has 5 heteroatoms. The van der Waals surface area contributed by atoms with Crippen molar-refractivity contribution in [2.24, 2.45) is 0 Å². The normalized spacial score (nSPS) is 20.5. The summed E-state index contributed by atoms with van der Waals surface area (Å²) in [5.74, 6) is 0. The van der Waals surface area contributed by atoms with Gasteiger partial charge in [-0.1, -0.05) is 147 Å². The van der Waals surface area contributed by atoms with Gasteiger partial charge in [-0.15, -0.1) is 0 Å². The predicted octanol–water partition coefficient (Wildman–Crippen LogP) is 11.6. The fourth-order valence-electron chi connectivity index (χ4n) is 7.30. The van der Waals surface area contributed by atoms with Gasteiger partial charge in [0, 0.05) is 13.5 Å². The highest BCUT2D eigenvalue weighted by Gasteiger charge is 2.41. The zero-order valence-corrected chi connectivity index (χ0v) is 33.7. The maximum atomic E-state index is 7.07.